The van der Waals surface area contributed by atoms with Crippen molar-refractivity contribution < 1.29 is 0 Å². The summed E-state index contributed by atoms with van der Waals surface area (Å²) in [5.74, 6) is 0. The Labute approximate surface area is 281 Å². The highest BCUT2D eigenvalue weighted by molar-refractivity contribution is 6.10. The fourth-order valence-corrected chi connectivity index (χ4v) is 8.50. The van der Waals surface area contributed by atoms with Crippen LogP contribution in [-0.2, 0) is 11.8 Å². The molecule has 0 fully saturated rings. The maximum Gasteiger partial charge on any atom is 0.0542 e. The van der Waals surface area contributed by atoms with E-state index in [0.29, 0.717) is 0 Å². The van der Waals surface area contributed by atoms with E-state index in [9.17, 15) is 0 Å². The molecule has 1 aromatic heterocycles. The van der Waals surface area contributed by atoms with E-state index in [4.69, 9.17) is 0 Å². The number of hydrogen-bond acceptors (Lipinski definition) is 1. The van der Waals surface area contributed by atoms with Crippen molar-refractivity contribution in [3.8, 4) is 27.9 Å². The molecule has 2 aliphatic rings. The molecule has 0 saturated heterocycles. The van der Waals surface area contributed by atoms with Gasteiger partial charge in [-0.25, -0.2) is 0 Å². The Balaban J connectivity index is 1.19. The Hall–Kier alpha value is -5.86. The van der Waals surface area contributed by atoms with E-state index in [1.807, 2.05) is 0 Å². The Morgan fingerprint density at radius 2 is 1.06 bits per heavy atom. The minimum Gasteiger partial charge on any atom is -0.310 e. The van der Waals surface area contributed by atoms with Crippen LogP contribution in [0.1, 0.15) is 36.1 Å². The van der Waals surface area contributed by atoms with Crippen molar-refractivity contribution in [2.75, 3.05) is 4.90 Å². The zero-order valence-electron chi connectivity index (χ0n) is 27.1. The van der Waals surface area contributed by atoms with Crippen LogP contribution in [0.2, 0.25) is 0 Å². The molecule has 0 radical (unpaired) electrons. The van der Waals surface area contributed by atoms with Gasteiger partial charge in [0.25, 0.3) is 0 Å². The first-order valence-corrected chi connectivity index (χ1v) is 16.9. The Bertz CT molecular complexity index is 2570. The second-order valence-electron chi connectivity index (χ2n) is 13.8. The number of aromatic nitrogens is 1. The molecule has 0 aliphatic heterocycles. The fraction of sp³-hybridized carbons (Fsp3) is 0.0870. The van der Waals surface area contributed by atoms with Gasteiger partial charge >= 0.3 is 0 Å². The van der Waals surface area contributed by atoms with E-state index in [2.05, 4.69) is 181 Å². The van der Waals surface area contributed by atoms with Gasteiger partial charge in [-0.15, -0.1) is 0 Å². The highest BCUT2D eigenvalue weighted by Crippen LogP contribution is 2.51. The van der Waals surface area contributed by atoms with Crippen LogP contribution < -0.4 is 4.90 Å². The molecular weight excluding hydrogens is 581 g/mol. The van der Waals surface area contributed by atoms with E-state index in [-0.39, 0.29) is 5.41 Å². The number of benzene rings is 7. The molecule has 0 atom stereocenters. The lowest BCUT2D eigenvalue weighted by molar-refractivity contribution is 0.660. The standard InChI is InChI=1S/C46H34N2/c1-46(2)42-18-10-8-16-38(42)39-24-21-35(29-43(39)46)47(33-20-23-37-31(27-33)26-30-12-6-7-15-36(30)37)34-22-25-45-41(28-34)40-17-9-11-19-44(40)48(45)32-13-4-3-5-14-32/h3-25,27-29H,26H2,1-2H3. The summed E-state index contributed by atoms with van der Waals surface area (Å²) in [4.78, 5) is 2.47. The molecule has 7 aromatic carbocycles. The minimum atomic E-state index is -0.0831. The van der Waals surface area contributed by atoms with Gasteiger partial charge in [0.1, 0.15) is 0 Å². The topological polar surface area (TPSA) is 8.17 Å². The molecule has 2 heteroatoms. The molecular formula is C46H34N2. The quantitative estimate of drug-likeness (QED) is 0.191. The van der Waals surface area contributed by atoms with Crippen molar-refractivity contribution >= 4 is 38.9 Å². The van der Waals surface area contributed by atoms with Gasteiger partial charge in [0.2, 0.25) is 0 Å². The van der Waals surface area contributed by atoms with E-state index in [1.165, 1.54) is 83.4 Å². The Morgan fingerprint density at radius 3 is 1.94 bits per heavy atom. The van der Waals surface area contributed by atoms with Crippen molar-refractivity contribution in [1.82, 2.24) is 4.57 Å². The first-order chi connectivity index (χ1) is 23.6. The molecule has 8 aromatic rings. The third kappa shape index (κ3) is 3.86. The largest absolute Gasteiger partial charge is 0.310 e. The molecule has 0 spiro atoms. The van der Waals surface area contributed by atoms with Gasteiger partial charge in [-0.05, 0) is 112 Å². The lowest BCUT2D eigenvalue weighted by atomic mass is 9.82. The number of hydrogen-bond donors (Lipinski definition) is 0. The van der Waals surface area contributed by atoms with Crippen molar-refractivity contribution in [2.24, 2.45) is 0 Å². The molecule has 0 bridgehead atoms. The average molecular weight is 615 g/mol. The predicted octanol–water partition coefficient (Wildman–Crippen LogP) is 12.1. The van der Waals surface area contributed by atoms with Crippen LogP contribution in [0, 0.1) is 0 Å². The summed E-state index contributed by atoms with van der Waals surface area (Å²) in [6.45, 7) is 4.73. The molecule has 2 aliphatic carbocycles. The van der Waals surface area contributed by atoms with Gasteiger partial charge in [-0.2, -0.15) is 0 Å². The molecule has 0 N–H and O–H groups in total. The molecule has 10 rings (SSSR count). The second-order valence-corrected chi connectivity index (χ2v) is 13.8. The number of anilines is 3. The molecule has 228 valence electrons. The monoisotopic (exact) mass is 614 g/mol. The van der Waals surface area contributed by atoms with E-state index in [0.717, 1.165) is 12.1 Å². The van der Waals surface area contributed by atoms with Gasteiger partial charge in [-0.3, -0.25) is 0 Å². The summed E-state index contributed by atoms with van der Waals surface area (Å²) in [5.41, 5.74) is 18.0. The summed E-state index contributed by atoms with van der Waals surface area (Å²) in [6, 6.07) is 58.4. The lowest BCUT2D eigenvalue weighted by Crippen LogP contribution is -2.16. The van der Waals surface area contributed by atoms with Crippen LogP contribution >= 0.6 is 0 Å². The van der Waals surface area contributed by atoms with Crippen LogP contribution in [0.4, 0.5) is 17.1 Å². The van der Waals surface area contributed by atoms with Crippen molar-refractivity contribution in [2.45, 2.75) is 25.7 Å². The van der Waals surface area contributed by atoms with Crippen molar-refractivity contribution in [3.63, 3.8) is 0 Å². The summed E-state index contributed by atoms with van der Waals surface area (Å²) in [6.07, 6.45) is 0.962. The van der Waals surface area contributed by atoms with Gasteiger partial charge in [0, 0.05) is 38.9 Å². The van der Waals surface area contributed by atoms with E-state index in [1.54, 1.807) is 0 Å². The smallest absolute Gasteiger partial charge is 0.0542 e. The van der Waals surface area contributed by atoms with Gasteiger partial charge < -0.3 is 9.47 Å². The van der Waals surface area contributed by atoms with Gasteiger partial charge in [0.05, 0.1) is 11.0 Å². The summed E-state index contributed by atoms with van der Waals surface area (Å²) in [5, 5.41) is 2.51. The fourth-order valence-electron chi connectivity index (χ4n) is 8.50. The van der Waals surface area contributed by atoms with Crippen LogP contribution in [0.5, 0.6) is 0 Å². The summed E-state index contributed by atoms with van der Waals surface area (Å²) in [7, 11) is 0. The zero-order valence-corrected chi connectivity index (χ0v) is 27.1. The molecule has 0 amide bonds. The maximum absolute atomic E-state index is 2.47. The Kier molecular flexibility index (Phi) is 5.72. The predicted molar refractivity (Wildman–Crippen MR) is 201 cm³/mol. The minimum absolute atomic E-state index is 0.0831. The van der Waals surface area contributed by atoms with Gasteiger partial charge in [-0.1, -0.05) is 111 Å². The van der Waals surface area contributed by atoms with Crippen LogP contribution in [0.15, 0.2) is 158 Å². The SMILES string of the molecule is CC1(C)c2ccccc2-c2ccc(N(c3ccc4c(c3)Cc3ccccc3-4)c3ccc4c(c3)c3ccccc3n4-c3ccccc3)cc21. The molecule has 0 saturated carbocycles. The number of fused-ring (bicyclic) bond motifs is 9. The summed E-state index contributed by atoms with van der Waals surface area (Å²) < 4.78 is 2.39. The highest BCUT2D eigenvalue weighted by atomic mass is 15.1. The third-order valence-corrected chi connectivity index (χ3v) is 10.8. The lowest BCUT2D eigenvalue weighted by Gasteiger charge is -2.28. The number of para-hydroxylation sites is 2. The van der Waals surface area contributed by atoms with Crippen LogP contribution in [0.3, 0.4) is 0 Å². The van der Waals surface area contributed by atoms with Crippen molar-refractivity contribution in [1.29, 1.82) is 0 Å². The first-order valence-electron chi connectivity index (χ1n) is 16.9. The molecule has 48 heavy (non-hydrogen) atoms. The summed E-state index contributed by atoms with van der Waals surface area (Å²) >= 11 is 0. The van der Waals surface area contributed by atoms with Crippen molar-refractivity contribution in [3.05, 3.63) is 180 Å². The average Bonchev–Trinajstić information content (AvgIpc) is 3.74. The highest BCUT2D eigenvalue weighted by Gasteiger charge is 2.36. The number of nitrogens with zero attached hydrogens (tertiary/aromatic N) is 2. The molecule has 2 nitrogen and oxygen atoms in total. The maximum atomic E-state index is 2.47. The normalized spacial score (nSPS) is 13.7. The van der Waals surface area contributed by atoms with E-state index < -0.39 is 0 Å². The number of rotatable bonds is 4. The zero-order chi connectivity index (χ0) is 32.0. The van der Waals surface area contributed by atoms with Crippen LogP contribution in [-0.4, -0.2) is 4.57 Å². The van der Waals surface area contributed by atoms with Crippen LogP contribution in [0.25, 0.3) is 49.7 Å². The molecule has 1 heterocycles. The molecule has 0 unspecified atom stereocenters. The second kappa shape index (κ2) is 10.1. The van der Waals surface area contributed by atoms with E-state index >= 15 is 0 Å². The first kappa shape index (κ1) is 27.3. The van der Waals surface area contributed by atoms with Gasteiger partial charge in [0.15, 0.2) is 0 Å². The third-order valence-electron chi connectivity index (χ3n) is 10.8. The Morgan fingerprint density at radius 1 is 0.458 bits per heavy atom.